The molecule has 1 N–H and O–H groups in total. The number of nitrogens with zero attached hydrogens (tertiary/aromatic N) is 2. The summed E-state index contributed by atoms with van der Waals surface area (Å²) in [5.41, 5.74) is 1.35. The van der Waals surface area contributed by atoms with Crippen LogP contribution in [0.3, 0.4) is 0 Å². The molecule has 1 amide bonds. The van der Waals surface area contributed by atoms with Crippen LogP contribution in [0.25, 0.3) is 11.3 Å². The molecule has 0 spiro atoms. The zero-order chi connectivity index (χ0) is 24.1. The van der Waals surface area contributed by atoms with Crippen molar-refractivity contribution in [1.82, 2.24) is 9.29 Å². The van der Waals surface area contributed by atoms with Crippen LogP contribution in [0.1, 0.15) is 32.6 Å². The van der Waals surface area contributed by atoms with E-state index in [1.54, 1.807) is 46.1 Å². The first-order valence-corrected chi connectivity index (χ1v) is 13.4. The smallest absolute Gasteiger partial charge is 0.266 e. The predicted molar refractivity (Wildman–Crippen MR) is 130 cm³/mol. The van der Waals surface area contributed by atoms with Crippen LogP contribution in [-0.4, -0.2) is 42.8 Å². The summed E-state index contributed by atoms with van der Waals surface area (Å²) in [5.74, 6) is -0.997. The fourth-order valence-corrected chi connectivity index (χ4v) is 5.92. The van der Waals surface area contributed by atoms with Gasteiger partial charge in [0.25, 0.3) is 5.91 Å². The monoisotopic (exact) mass is 503 g/mol. The summed E-state index contributed by atoms with van der Waals surface area (Å²) in [6.07, 6.45) is 2.96. The SMILES string of the molecule is C[C@@H](Oc1ccccc1F)C(=O)Nc1nc(-c2ccc(S(=O)(=O)N3CCCCCC3)cc2)cs1. The Kier molecular flexibility index (Phi) is 7.60. The maximum Gasteiger partial charge on any atom is 0.266 e. The fraction of sp³-hybridized carbons (Fsp3) is 0.333. The Hall–Kier alpha value is -2.82. The van der Waals surface area contributed by atoms with Crippen LogP contribution in [0.5, 0.6) is 5.75 Å². The minimum atomic E-state index is -3.52. The van der Waals surface area contributed by atoms with E-state index in [-0.39, 0.29) is 10.6 Å². The van der Waals surface area contributed by atoms with Gasteiger partial charge in [-0.05, 0) is 44.0 Å². The van der Waals surface area contributed by atoms with E-state index in [1.165, 1.54) is 30.4 Å². The first kappa shape index (κ1) is 24.3. The molecule has 0 saturated carbocycles. The number of hydrogen-bond donors (Lipinski definition) is 1. The van der Waals surface area contributed by atoms with Crippen LogP contribution in [0.4, 0.5) is 9.52 Å². The zero-order valence-electron chi connectivity index (χ0n) is 18.7. The summed E-state index contributed by atoms with van der Waals surface area (Å²) in [4.78, 5) is 17.1. The Balaban J connectivity index is 1.40. The van der Waals surface area contributed by atoms with Crippen molar-refractivity contribution in [2.75, 3.05) is 18.4 Å². The van der Waals surface area contributed by atoms with Crippen LogP contribution in [0.15, 0.2) is 58.8 Å². The van der Waals surface area contributed by atoms with Crippen LogP contribution >= 0.6 is 11.3 Å². The van der Waals surface area contributed by atoms with E-state index in [1.807, 2.05) is 0 Å². The maximum atomic E-state index is 13.7. The van der Waals surface area contributed by atoms with Gasteiger partial charge in [0.1, 0.15) is 0 Å². The van der Waals surface area contributed by atoms with Crippen molar-refractivity contribution in [3.8, 4) is 17.0 Å². The number of carbonyl (C=O) groups is 1. The van der Waals surface area contributed by atoms with Crippen molar-refractivity contribution in [1.29, 1.82) is 0 Å². The number of sulfonamides is 1. The van der Waals surface area contributed by atoms with Gasteiger partial charge in [-0.15, -0.1) is 11.3 Å². The third-order valence-corrected chi connectivity index (χ3v) is 8.27. The molecule has 2 aromatic carbocycles. The molecule has 1 saturated heterocycles. The molecule has 34 heavy (non-hydrogen) atoms. The Labute approximate surface area is 202 Å². The standard InChI is InChI=1S/C24H26FN3O4S2/c1-17(32-22-9-5-4-8-20(22)25)23(29)27-24-26-21(16-33-24)18-10-12-19(13-11-18)34(30,31)28-14-6-2-3-7-15-28/h4-5,8-13,16-17H,2-3,6-7,14-15H2,1H3,(H,26,27,29)/t17-/m1/s1. The zero-order valence-corrected chi connectivity index (χ0v) is 20.4. The lowest BCUT2D eigenvalue weighted by Crippen LogP contribution is -2.31. The average Bonchev–Trinajstić information content (AvgIpc) is 3.11. The van der Waals surface area contributed by atoms with Crippen molar-refractivity contribution in [3.63, 3.8) is 0 Å². The van der Waals surface area contributed by atoms with E-state index < -0.39 is 27.9 Å². The van der Waals surface area contributed by atoms with Gasteiger partial charge in [-0.2, -0.15) is 4.31 Å². The number of benzene rings is 2. The molecule has 7 nitrogen and oxygen atoms in total. The quantitative estimate of drug-likeness (QED) is 0.494. The van der Waals surface area contributed by atoms with Gasteiger partial charge in [0.2, 0.25) is 10.0 Å². The van der Waals surface area contributed by atoms with E-state index in [2.05, 4.69) is 10.3 Å². The average molecular weight is 504 g/mol. The van der Waals surface area contributed by atoms with E-state index in [0.29, 0.717) is 23.9 Å². The maximum absolute atomic E-state index is 13.7. The first-order valence-electron chi connectivity index (χ1n) is 11.1. The number of anilines is 1. The number of aromatic nitrogens is 1. The highest BCUT2D eigenvalue weighted by Gasteiger charge is 2.25. The molecule has 3 aromatic rings. The highest BCUT2D eigenvalue weighted by molar-refractivity contribution is 7.89. The van der Waals surface area contributed by atoms with Crippen LogP contribution < -0.4 is 10.1 Å². The third kappa shape index (κ3) is 5.63. The number of rotatable bonds is 7. The van der Waals surface area contributed by atoms with Gasteiger partial charge in [-0.1, -0.05) is 37.1 Å². The number of hydrogen-bond acceptors (Lipinski definition) is 6. The van der Waals surface area contributed by atoms with Gasteiger partial charge in [-0.25, -0.2) is 17.8 Å². The van der Waals surface area contributed by atoms with E-state index in [4.69, 9.17) is 4.74 Å². The number of amides is 1. The topological polar surface area (TPSA) is 88.6 Å². The number of carbonyl (C=O) groups excluding carboxylic acids is 1. The minimum absolute atomic E-state index is 0.000181. The van der Waals surface area contributed by atoms with Crippen molar-refractivity contribution >= 4 is 32.4 Å². The minimum Gasteiger partial charge on any atom is -0.478 e. The van der Waals surface area contributed by atoms with Gasteiger partial charge in [0.15, 0.2) is 22.8 Å². The molecule has 0 aliphatic carbocycles. The summed E-state index contributed by atoms with van der Waals surface area (Å²) >= 11 is 1.24. The fourth-order valence-electron chi connectivity index (χ4n) is 3.68. The lowest BCUT2D eigenvalue weighted by atomic mass is 10.2. The van der Waals surface area contributed by atoms with Crippen molar-refractivity contribution < 1.29 is 22.3 Å². The molecule has 4 rings (SSSR count). The van der Waals surface area contributed by atoms with Crippen molar-refractivity contribution in [3.05, 3.63) is 59.7 Å². The van der Waals surface area contributed by atoms with Gasteiger partial charge in [0, 0.05) is 24.0 Å². The van der Waals surface area contributed by atoms with E-state index >= 15 is 0 Å². The number of para-hydroxylation sites is 1. The van der Waals surface area contributed by atoms with Gasteiger partial charge < -0.3 is 4.74 Å². The second-order valence-corrected chi connectivity index (χ2v) is 10.9. The third-order valence-electron chi connectivity index (χ3n) is 5.60. The molecule has 0 bridgehead atoms. The van der Waals surface area contributed by atoms with Gasteiger partial charge >= 0.3 is 0 Å². The highest BCUT2D eigenvalue weighted by Crippen LogP contribution is 2.28. The Bertz CT molecular complexity index is 1240. The molecule has 0 unspecified atom stereocenters. The molecule has 0 radical (unpaired) electrons. The first-order chi connectivity index (χ1) is 16.3. The molecule has 1 aromatic heterocycles. The number of nitrogens with one attached hydrogen (secondary N) is 1. The van der Waals surface area contributed by atoms with Crippen LogP contribution in [0, 0.1) is 5.82 Å². The molecule has 180 valence electrons. The lowest BCUT2D eigenvalue weighted by Gasteiger charge is -2.20. The number of halogens is 1. The second-order valence-electron chi connectivity index (χ2n) is 8.06. The Morgan fingerprint density at radius 2 is 1.76 bits per heavy atom. The highest BCUT2D eigenvalue weighted by atomic mass is 32.2. The molecule has 10 heteroatoms. The molecule has 2 heterocycles. The normalized spacial score (nSPS) is 15.9. The lowest BCUT2D eigenvalue weighted by molar-refractivity contribution is -0.122. The largest absolute Gasteiger partial charge is 0.478 e. The summed E-state index contributed by atoms with van der Waals surface area (Å²) < 4.78 is 46.6. The van der Waals surface area contributed by atoms with E-state index in [9.17, 15) is 17.6 Å². The van der Waals surface area contributed by atoms with Crippen molar-refractivity contribution in [2.24, 2.45) is 0 Å². The number of ether oxygens (including phenoxy) is 1. The van der Waals surface area contributed by atoms with E-state index in [0.717, 1.165) is 31.2 Å². The molecule has 1 aliphatic rings. The summed E-state index contributed by atoms with van der Waals surface area (Å²) in [7, 11) is -3.52. The second kappa shape index (κ2) is 10.6. The molecule has 1 aliphatic heterocycles. The summed E-state index contributed by atoms with van der Waals surface area (Å²) in [5, 5.41) is 4.81. The Morgan fingerprint density at radius 3 is 2.44 bits per heavy atom. The molecular weight excluding hydrogens is 477 g/mol. The van der Waals surface area contributed by atoms with Crippen LogP contribution in [-0.2, 0) is 14.8 Å². The number of thiazole rings is 1. The molecule has 1 fully saturated rings. The summed E-state index contributed by atoms with van der Waals surface area (Å²) in [6.45, 7) is 2.64. The molecular formula is C24H26FN3O4S2. The van der Waals surface area contributed by atoms with Crippen molar-refractivity contribution in [2.45, 2.75) is 43.6 Å². The summed E-state index contributed by atoms with van der Waals surface area (Å²) in [6, 6.07) is 12.5. The molecule has 1 atom stereocenters. The van der Waals surface area contributed by atoms with Crippen LogP contribution in [0.2, 0.25) is 0 Å². The Morgan fingerprint density at radius 1 is 1.09 bits per heavy atom. The van der Waals surface area contributed by atoms with Gasteiger partial charge in [0.05, 0.1) is 10.6 Å². The van der Waals surface area contributed by atoms with Gasteiger partial charge in [-0.3, -0.25) is 10.1 Å². The predicted octanol–water partition coefficient (Wildman–Crippen LogP) is 4.92.